The Kier molecular flexibility index (Phi) is 7.20. The predicted molar refractivity (Wildman–Crippen MR) is 145 cm³/mol. The summed E-state index contributed by atoms with van der Waals surface area (Å²) >= 11 is 0. The molecule has 3 saturated heterocycles. The third-order valence-electron chi connectivity index (χ3n) is 8.87. The van der Waals surface area contributed by atoms with Crippen LogP contribution in [0.1, 0.15) is 64.8 Å². The van der Waals surface area contributed by atoms with Crippen molar-refractivity contribution >= 4 is 23.4 Å². The monoisotopic (exact) mass is 515 g/mol. The number of amides is 3. The van der Waals surface area contributed by atoms with Crippen molar-refractivity contribution < 1.29 is 19.1 Å². The molecule has 3 fully saturated rings. The van der Waals surface area contributed by atoms with Gasteiger partial charge in [0.1, 0.15) is 0 Å². The number of hydrogen-bond acceptors (Lipinski definition) is 5. The number of nitrogens with zero attached hydrogens (tertiary/aromatic N) is 3. The van der Waals surface area contributed by atoms with Gasteiger partial charge in [0.2, 0.25) is 5.91 Å². The zero-order chi connectivity index (χ0) is 26.1. The molecule has 0 bridgehead atoms. The van der Waals surface area contributed by atoms with Crippen molar-refractivity contribution in [3.63, 3.8) is 0 Å². The van der Waals surface area contributed by atoms with Crippen LogP contribution in [0.25, 0.3) is 0 Å². The van der Waals surface area contributed by atoms with E-state index in [1.54, 1.807) is 6.07 Å². The summed E-state index contributed by atoms with van der Waals surface area (Å²) in [6.07, 6.45) is 6.55. The van der Waals surface area contributed by atoms with Gasteiger partial charge in [0.05, 0.1) is 29.5 Å². The second-order valence-electron chi connectivity index (χ2n) is 11.3. The molecule has 6 rings (SSSR count). The van der Waals surface area contributed by atoms with Crippen LogP contribution in [0.2, 0.25) is 0 Å². The van der Waals surface area contributed by atoms with Crippen LogP contribution in [0.15, 0.2) is 48.5 Å². The summed E-state index contributed by atoms with van der Waals surface area (Å²) in [6, 6.07) is 16.2. The second kappa shape index (κ2) is 10.9. The highest BCUT2D eigenvalue weighted by Gasteiger charge is 2.41. The second-order valence-corrected chi connectivity index (χ2v) is 11.3. The third-order valence-corrected chi connectivity index (χ3v) is 8.87. The van der Waals surface area contributed by atoms with Crippen molar-refractivity contribution in [1.29, 1.82) is 0 Å². The number of likely N-dealkylation sites (tertiary alicyclic amines) is 1. The maximum Gasteiger partial charge on any atom is 0.263 e. The Morgan fingerprint density at radius 2 is 1.61 bits per heavy atom. The normalized spacial score (nSPS) is 22.8. The molecule has 0 unspecified atom stereocenters. The minimum absolute atomic E-state index is 0.0297. The largest absolute Gasteiger partial charge is 0.376 e. The molecule has 3 amide bonds. The Balaban J connectivity index is 1.04. The molecule has 38 heavy (non-hydrogen) atoms. The first-order valence-electron chi connectivity index (χ1n) is 14.3. The fourth-order valence-electron chi connectivity index (χ4n) is 6.67. The van der Waals surface area contributed by atoms with Crippen molar-refractivity contribution in [2.45, 2.75) is 51.0 Å². The molecular formula is C31H37N3O4. The summed E-state index contributed by atoms with van der Waals surface area (Å²) in [5.41, 5.74) is 3.21. The Labute approximate surface area is 224 Å². The molecule has 1 atom stereocenters. The van der Waals surface area contributed by atoms with Crippen LogP contribution in [-0.2, 0) is 16.0 Å². The van der Waals surface area contributed by atoms with Crippen molar-refractivity contribution in [2.75, 3.05) is 44.2 Å². The predicted octanol–water partition coefficient (Wildman–Crippen LogP) is 4.16. The van der Waals surface area contributed by atoms with E-state index in [1.807, 2.05) is 12.1 Å². The Bertz CT molecular complexity index is 1180. The summed E-state index contributed by atoms with van der Waals surface area (Å²) in [4.78, 5) is 45.4. The van der Waals surface area contributed by atoms with Crippen molar-refractivity contribution in [3.8, 4) is 0 Å². The highest BCUT2D eigenvalue weighted by atomic mass is 16.5. The minimum atomic E-state index is -0.219. The maximum absolute atomic E-state index is 13.3. The molecular weight excluding hydrogens is 478 g/mol. The van der Waals surface area contributed by atoms with E-state index in [0.717, 1.165) is 63.7 Å². The lowest BCUT2D eigenvalue weighted by molar-refractivity contribution is -0.137. The van der Waals surface area contributed by atoms with Gasteiger partial charge < -0.3 is 14.5 Å². The number of piperidine rings is 2. The zero-order valence-electron chi connectivity index (χ0n) is 22.0. The first-order chi connectivity index (χ1) is 18.6. The number of benzene rings is 2. The van der Waals surface area contributed by atoms with E-state index in [0.29, 0.717) is 43.3 Å². The number of anilines is 1. The SMILES string of the molecule is O=C(C1CCN(c2cccc3c2C(=O)N(C[C@H]2CCCO2)C3=O)CC1)N1CCC(Cc2ccccc2)CC1. The van der Waals surface area contributed by atoms with Gasteiger partial charge in [-0.25, -0.2) is 0 Å². The molecule has 0 aliphatic carbocycles. The van der Waals surface area contributed by atoms with Gasteiger partial charge in [0.25, 0.3) is 11.8 Å². The molecule has 7 heteroatoms. The zero-order valence-corrected chi connectivity index (χ0v) is 22.0. The van der Waals surface area contributed by atoms with E-state index in [4.69, 9.17) is 4.74 Å². The van der Waals surface area contributed by atoms with Gasteiger partial charge in [-0.2, -0.15) is 0 Å². The molecule has 4 aliphatic rings. The van der Waals surface area contributed by atoms with Crippen LogP contribution >= 0.6 is 0 Å². The van der Waals surface area contributed by atoms with Crippen LogP contribution in [0.4, 0.5) is 5.69 Å². The smallest absolute Gasteiger partial charge is 0.263 e. The summed E-state index contributed by atoms with van der Waals surface area (Å²) in [7, 11) is 0. The van der Waals surface area contributed by atoms with E-state index in [9.17, 15) is 14.4 Å². The fraction of sp³-hybridized carbons (Fsp3) is 0.516. The molecule has 0 saturated carbocycles. The Morgan fingerprint density at radius 3 is 2.32 bits per heavy atom. The number of rotatable bonds is 6. The number of imide groups is 1. The van der Waals surface area contributed by atoms with Crippen LogP contribution in [0.3, 0.4) is 0 Å². The molecule has 0 aromatic heterocycles. The number of carbonyl (C=O) groups is 3. The number of ether oxygens (including phenoxy) is 1. The highest BCUT2D eigenvalue weighted by molar-refractivity contribution is 6.23. The van der Waals surface area contributed by atoms with Gasteiger partial charge in [-0.15, -0.1) is 0 Å². The average Bonchev–Trinajstić information content (AvgIpc) is 3.57. The molecule has 4 aliphatic heterocycles. The summed E-state index contributed by atoms with van der Waals surface area (Å²) in [5, 5.41) is 0. The Morgan fingerprint density at radius 1 is 0.842 bits per heavy atom. The van der Waals surface area contributed by atoms with Gasteiger partial charge in [-0.3, -0.25) is 19.3 Å². The lowest BCUT2D eigenvalue weighted by atomic mass is 9.88. The van der Waals surface area contributed by atoms with Gasteiger partial charge in [-0.1, -0.05) is 36.4 Å². The molecule has 7 nitrogen and oxygen atoms in total. The summed E-state index contributed by atoms with van der Waals surface area (Å²) in [5.74, 6) is 0.524. The molecule has 0 N–H and O–H groups in total. The lowest BCUT2D eigenvalue weighted by Gasteiger charge is -2.38. The first-order valence-corrected chi connectivity index (χ1v) is 14.3. The quantitative estimate of drug-likeness (QED) is 0.541. The number of carbonyl (C=O) groups excluding carboxylic acids is 3. The number of fused-ring (bicyclic) bond motifs is 1. The summed E-state index contributed by atoms with van der Waals surface area (Å²) < 4.78 is 5.68. The first kappa shape index (κ1) is 25.1. The van der Waals surface area contributed by atoms with E-state index in [2.05, 4.69) is 40.1 Å². The average molecular weight is 516 g/mol. The van der Waals surface area contributed by atoms with Gasteiger partial charge in [0, 0.05) is 38.7 Å². The van der Waals surface area contributed by atoms with Crippen molar-refractivity contribution in [2.24, 2.45) is 11.8 Å². The molecule has 0 spiro atoms. The number of hydrogen-bond donors (Lipinski definition) is 0. The third kappa shape index (κ3) is 4.96. The lowest BCUT2D eigenvalue weighted by Crippen LogP contribution is -2.46. The maximum atomic E-state index is 13.3. The minimum Gasteiger partial charge on any atom is -0.376 e. The van der Waals surface area contributed by atoms with Crippen LogP contribution < -0.4 is 4.90 Å². The van der Waals surface area contributed by atoms with E-state index in [-0.39, 0.29) is 29.7 Å². The van der Waals surface area contributed by atoms with E-state index < -0.39 is 0 Å². The van der Waals surface area contributed by atoms with Gasteiger partial charge in [-0.05, 0) is 68.6 Å². The summed E-state index contributed by atoms with van der Waals surface area (Å²) in [6.45, 7) is 4.14. The fourth-order valence-corrected chi connectivity index (χ4v) is 6.67. The highest BCUT2D eigenvalue weighted by Crippen LogP contribution is 2.35. The van der Waals surface area contributed by atoms with Crippen LogP contribution in [0.5, 0.6) is 0 Å². The molecule has 2 aromatic rings. The standard InChI is InChI=1S/C31H37N3O4/c35-29(33-15-11-23(12-16-33)20-22-6-2-1-3-7-22)24-13-17-32(18-14-24)27-10-4-9-26-28(27)31(37)34(30(26)36)21-25-8-5-19-38-25/h1-4,6-7,9-10,23-25H,5,8,11-21H2/t25-/m1/s1. The molecule has 200 valence electrons. The van der Waals surface area contributed by atoms with Gasteiger partial charge >= 0.3 is 0 Å². The molecule has 2 aromatic carbocycles. The van der Waals surface area contributed by atoms with E-state index >= 15 is 0 Å². The van der Waals surface area contributed by atoms with Crippen molar-refractivity contribution in [1.82, 2.24) is 9.80 Å². The molecule has 4 heterocycles. The molecule has 0 radical (unpaired) electrons. The van der Waals surface area contributed by atoms with Gasteiger partial charge in [0.15, 0.2) is 0 Å². The topological polar surface area (TPSA) is 70.2 Å². The Hall–Kier alpha value is -3.19. The van der Waals surface area contributed by atoms with Crippen molar-refractivity contribution in [3.05, 3.63) is 65.2 Å². The van der Waals surface area contributed by atoms with E-state index in [1.165, 1.54) is 10.5 Å². The van der Waals surface area contributed by atoms with Crippen LogP contribution in [-0.4, -0.2) is 73.0 Å². The van der Waals surface area contributed by atoms with Crippen LogP contribution in [0, 0.1) is 11.8 Å².